The lowest BCUT2D eigenvalue weighted by Crippen LogP contribution is -2.23. The molecule has 0 saturated heterocycles. The van der Waals surface area contributed by atoms with Gasteiger partial charge >= 0.3 is 0 Å². The molecule has 0 spiro atoms. The van der Waals surface area contributed by atoms with Crippen LogP contribution < -0.4 is 0 Å². The van der Waals surface area contributed by atoms with Crippen LogP contribution in [0.15, 0.2) is 0 Å². The summed E-state index contributed by atoms with van der Waals surface area (Å²) in [6.07, 6.45) is 5.30. The molecule has 1 atom stereocenters. The van der Waals surface area contributed by atoms with Crippen molar-refractivity contribution in [2.75, 3.05) is 0 Å². The van der Waals surface area contributed by atoms with Gasteiger partial charge in [-0.1, -0.05) is 33.1 Å². The SMILES string of the molecule is CCCC[C@@](C)(O)CCC. The zero-order chi connectivity index (χ0) is 8.04. The maximum absolute atomic E-state index is 9.65. The lowest BCUT2D eigenvalue weighted by atomic mass is 9.94. The van der Waals surface area contributed by atoms with Crippen LogP contribution in [-0.4, -0.2) is 10.7 Å². The monoisotopic (exact) mass is 144 g/mol. The summed E-state index contributed by atoms with van der Waals surface area (Å²) >= 11 is 0. The molecule has 0 saturated carbocycles. The Morgan fingerprint density at radius 2 is 1.70 bits per heavy atom. The highest BCUT2D eigenvalue weighted by Gasteiger charge is 2.17. The number of rotatable bonds is 5. The van der Waals surface area contributed by atoms with Crippen molar-refractivity contribution in [1.29, 1.82) is 0 Å². The first-order chi connectivity index (χ1) is 4.62. The van der Waals surface area contributed by atoms with Gasteiger partial charge in [0, 0.05) is 0 Å². The Morgan fingerprint density at radius 3 is 2.10 bits per heavy atom. The first-order valence-electron chi connectivity index (χ1n) is 4.34. The van der Waals surface area contributed by atoms with Crippen LogP contribution in [0.5, 0.6) is 0 Å². The van der Waals surface area contributed by atoms with Crippen LogP contribution in [-0.2, 0) is 0 Å². The summed E-state index contributed by atoms with van der Waals surface area (Å²) in [6.45, 7) is 6.20. The van der Waals surface area contributed by atoms with Crippen molar-refractivity contribution in [2.24, 2.45) is 0 Å². The topological polar surface area (TPSA) is 20.2 Å². The summed E-state index contributed by atoms with van der Waals surface area (Å²) in [4.78, 5) is 0. The van der Waals surface area contributed by atoms with Gasteiger partial charge < -0.3 is 5.11 Å². The molecule has 0 amide bonds. The Hall–Kier alpha value is -0.0400. The van der Waals surface area contributed by atoms with Crippen molar-refractivity contribution in [3.63, 3.8) is 0 Å². The largest absolute Gasteiger partial charge is 0.390 e. The fourth-order valence-corrected chi connectivity index (χ4v) is 1.22. The second-order valence-electron chi connectivity index (χ2n) is 3.35. The van der Waals surface area contributed by atoms with Crippen molar-refractivity contribution in [2.45, 2.75) is 58.5 Å². The Balaban J connectivity index is 3.42. The van der Waals surface area contributed by atoms with E-state index in [4.69, 9.17) is 0 Å². The molecular weight excluding hydrogens is 124 g/mol. The van der Waals surface area contributed by atoms with E-state index < -0.39 is 5.60 Å². The molecule has 1 heteroatoms. The van der Waals surface area contributed by atoms with Gasteiger partial charge in [-0.05, 0) is 19.8 Å². The van der Waals surface area contributed by atoms with Gasteiger partial charge in [0.15, 0.2) is 0 Å². The molecule has 1 N–H and O–H groups in total. The summed E-state index contributed by atoms with van der Waals surface area (Å²) in [7, 11) is 0. The summed E-state index contributed by atoms with van der Waals surface area (Å²) < 4.78 is 0. The molecule has 0 unspecified atom stereocenters. The maximum Gasteiger partial charge on any atom is 0.0619 e. The molecule has 0 aliphatic carbocycles. The Bertz CT molecular complexity index is 76.8. The molecule has 0 radical (unpaired) electrons. The number of aliphatic hydroxyl groups is 1. The fourth-order valence-electron chi connectivity index (χ4n) is 1.22. The van der Waals surface area contributed by atoms with Crippen LogP contribution in [0.4, 0.5) is 0 Å². The van der Waals surface area contributed by atoms with Gasteiger partial charge in [-0.2, -0.15) is 0 Å². The Kier molecular flexibility index (Phi) is 4.71. The molecule has 62 valence electrons. The predicted molar refractivity (Wildman–Crippen MR) is 45.1 cm³/mol. The standard InChI is InChI=1S/C9H20O/c1-4-6-8-9(3,10)7-5-2/h10H,4-8H2,1-3H3/t9-/m0/s1. The number of unbranched alkanes of at least 4 members (excludes halogenated alkanes) is 1. The van der Waals surface area contributed by atoms with E-state index in [1.54, 1.807) is 0 Å². The highest BCUT2D eigenvalue weighted by Crippen LogP contribution is 2.18. The van der Waals surface area contributed by atoms with Gasteiger partial charge in [-0.15, -0.1) is 0 Å². The third-order valence-electron chi connectivity index (χ3n) is 1.86. The van der Waals surface area contributed by atoms with E-state index >= 15 is 0 Å². The van der Waals surface area contributed by atoms with E-state index in [2.05, 4.69) is 13.8 Å². The molecule has 0 aromatic carbocycles. The lowest BCUT2D eigenvalue weighted by Gasteiger charge is -2.21. The lowest BCUT2D eigenvalue weighted by molar-refractivity contribution is 0.0391. The van der Waals surface area contributed by atoms with E-state index in [1.807, 2.05) is 6.92 Å². The molecule has 0 heterocycles. The van der Waals surface area contributed by atoms with Crippen molar-refractivity contribution in [1.82, 2.24) is 0 Å². The van der Waals surface area contributed by atoms with Gasteiger partial charge in [-0.25, -0.2) is 0 Å². The van der Waals surface area contributed by atoms with E-state index in [-0.39, 0.29) is 0 Å². The quantitative estimate of drug-likeness (QED) is 0.629. The highest BCUT2D eigenvalue weighted by atomic mass is 16.3. The molecule has 0 aromatic heterocycles. The van der Waals surface area contributed by atoms with Crippen LogP contribution in [0.25, 0.3) is 0 Å². The summed E-state index contributed by atoms with van der Waals surface area (Å²) in [6, 6.07) is 0. The minimum absolute atomic E-state index is 0.398. The second-order valence-corrected chi connectivity index (χ2v) is 3.35. The summed E-state index contributed by atoms with van der Waals surface area (Å²) in [5.41, 5.74) is -0.398. The zero-order valence-electron chi connectivity index (χ0n) is 7.48. The van der Waals surface area contributed by atoms with Crippen molar-refractivity contribution >= 4 is 0 Å². The van der Waals surface area contributed by atoms with Gasteiger partial charge in [0.2, 0.25) is 0 Å². The Morgan fingerprint density at radius 1 is 1.10 bits per heavy atom. The summed E-state index contributed by atoms with van der Waals surface area (Å²) in [5, 5.41) is 9.65. The zero-order valence-corrected chi connectivity index (χ0v) is 7.48. The average Bonchev–Trinajstić information content (AvgIpc) is 1.84. The van der Waals surface area contributed by atoms with Crippen molar-refractivity contribution < 1.29 is 5.11 Å². The van der Waals surface area contributed by atoms with Gasteiger partial charge in [-0.3, -0.25) is 0 Å². The molecule has 0 aromatic rings. The van der Waals surface area contributed by atoms with Gasteiger partial charge in [0.25, 0.3) is 0 Å². The van der Waals surface area contributed by atoms with Crippen LogP contribution in [0.1, 0.15) is 52.9 Å². The molecule has 1 nitrogen and oxygen atoms in total. The fraction of sp³-hybridized carbons (Fsp3) is 1.00. The first kappa shape index (κ1) is 9.96. The molecule has 10 heavy (non-hydrogen) atoms. The van der Waals surface area contributed by atoms with E-state index in [0.717, 1.165) is 25.7 Å². The van der Waals surface area contributed by atoms with Crippen LogP contribution in [0.2, 0.25) is 0 Å². The first-order valence-corrected chi connectivity index (χ1v) is 4.34. The molecule has 0 bridgehead atoms. The average molecular weight is 144 g/mol. The van der Waals surface area contributed by atoms with E-state index in [0.29, 0.717) is 0 Å². The molecule has 0 aliphatic heterocycles. The third kappa shape index (κ3) is 4.80. The number of hydrogen-bond acceptors (Lipinski definition) is 1. The molecule has 0 rings (SSSR count). The molecule has 0 aliphatic rings. The third-order valence-corrected chi connectivity index (χ3v) is 1.86. The predicted octanol–water partition coefficient (Wildman–Crippen LogP) is 2.73. The molecular formula is C9H20O. The van der Waals surface area contributed by atoms with Crippen LogP contribution >= 0.6 is 0 Å². The normalized spacial score (nSPS) is 16.8. The molecule has 0 fully saturated rings. The minimum atomic E-state index is -0.398. The Labute approximate surface area is 64.5 Å². The summed E-state index contributed by atoms with van der Waals surface area (Å²) in [5.74, 6) is 0. The number of hydrogen-bond donors (Lipinski definition) is 1. The van der Waals surface area contributed by atoms with Gasteiger partial charge in [0.1, 0.15) is 0 Å². The maximum atomic E-state index is 9.65. The smallest absolute Gasteiger partial charge is 0.0619 e. The highest BCUT2D eigenvalue weighted by molar-refractivity contribution is 4.70. The van der Waals surface area contributed by atoms with Crippen molar-refractivity contribution in [3.8, 4) is 0 Å². The van der Waals surface area contributed by atoms with Crippen molar-refractivity contribution in [3.05, 3.63) is 0 Å². The minimum Gasteiger partial charge on any atom is -0.390 e. The van der Waals surface area contributed by atoms with Crippen LogP contribution in [0, 0.1) is 0 Å². The second kappa shape index (κ2) is 4.73. The van der Waals surface area contributed by atoms with Crippen LogP contribution in [0.3, 0.4) is 0 Å². The van der Waals surface area contributed by atoms with E-state index in [9.17, 15) is 5.11 Å². The van der Waals surface area contributed by atoms with Gasteiger partial charge in [0.05, 0.1) is 5.60 Å². The van der Waals surface area contributed by atoms with E-state index in [1.165, 1.54) is 6.42 Å².